The number of phenols is 1. The number of nitrogen functional groups attached to an aromatic ring is 1. The van der Waals surface area contributed by atoms with Crippen molar-refractivity contribution in [3.05, 3.63) is 35.5 Å². The second-order valence-corrected chi connectivity index (χ2v) is 4.46. The van der Waals surface area contributed by atoms with Gasteiger partial charge in [-0.05, 0) is 12.1 Å². The van der Waals surface area contributed by atoms with Gasteiger partial charge in [-0.15, -0.1) is 0 Å². The minimum Gasteiger partial charge on any atom is -0.508 e. The highest BCUT2D eigenvalue weighted by molar-refractivity contribution is 5.62. The summed E-state index contributed by atoms with van der Waals surface area (Å²) in [6.45, 7) is 1.62. The maximum atomic E-state index is 9.47. The molecule has 0 fully saturated rings. The van der Waals surface area contributed by atoms with E-state index in [-0.39, 0.29) is 11.7 Å². The summed E-state index contributed by atoms with van der Waals surface area (Å²) in [6, 6.07) is 6.89. The van der Waals surface area contributed by atoms with Crippen LogP contribution in [0.25, 0.3) is 0 Å². The van der Waals surface area contributed by atoms with E-state index in [4.69, 9.17) is 5.73 Å². The van der Waals surface area contributed by atoms with Crippen molar-refractivity contribution >= 4 is 17.5 Å². The molecule has 0 saturated carbocycles. The van der Waals surface area contributed by atoms with Gasteiger partial charge in [0, 0.05) is 36.8 Å². The normalized spacial score (nSPS) is 13.9. The lowest BCUT2D eigenvalue weighted by Crippen LogP contribution is -2.26. The molecule has 3 rings (SSSR count). The molecular weight excluding hydrogens is 242 g/mol. The lowest BCUT2D eigenvalue weighted by molar-refractivity contribution is 0.475. The Morgan fingerprint density at radius 1 is 1.32 bits per heavy atom. The van der Waals surface area contributed by atoms with Crippen molar-refractivity contribution in [2.75, 3.05) is 17.6 Å². The number of rotatable bonds is 2. The summed E-state index contributed by atoms with van der Waals surface area (Å²) in [4.78, 5) is 8.52. The van der Waals surface area contributed by atoms with Crippen LogP contribution in [0.15, 0.2) is 24.3 Å². The second kappa shape index (κ2) is 4.74. The first-order valence-electron chi connectivity index (χ1n) is 6.14. The van der Waals surface area contributed by atoms with Gasteiger partial charge in [0.25, 0.3) is 0 Å². The molecule has 0 amide bonds. The highest BCUT2D eigenvalue weighted by Crippen LogP contribution is 2.25. The molecule has 0 spiro atoms. The number of hydrogen-bond donors (Lipinski definition) is 4. The summed E-state index contributed by atoms with van der Waals surface area (Å²) >= 11 is 0. The van der Waals surface area contributed by atoms with Crippen molar-refractivity contribution in [2.45, 2.75) is 13.0 Å². The molecule has 0 saturated heterocycles. The predicted octanol–water partition coefficient (Wildman–Crippen LogP) is 1.15. The van der Waals surface area contributed by atoms with Gasteiger partial charge in [-0.3, -0.25) is 0 Å². The van der Waals surface area contributed by atoms with Crippen molar-refractivity contribution < 1.29 is 5.11 Å². The van der Waals surface area contributed by atoms with Gasteiger partial charge in [0.15, 0.2) is 0 Å². The van der Waals surface area contributed by atoms with Crippen LogP contribution in [0.2, 0.25) is 0 Å². The van der Waals surface area contributed by atoms with E-state index in [0.29, 0.717) is 5.82 Å². The molecule has 0 radical (unpaired) electrons. The van der Waals surface area contributed by atoms with Gasteiger partial charge in [0.1, 0.15) is 11.6 Å². The fourth-order valence-corrected chi connectivity index (χ4v) is 2.19. The van der Waals surface area contributed by atoms with E-state index in [1.54, 1.807) is 18.2 Å². The largest absolute Gasteiger partial charge is 0.508 e. The average molecular weight is 257 g/mol. The quantitative estimate of drug-likeness (QED) is 0.644. The zero-order valence-electron chi connectivity index (χ0n) is 10.3. The van der Waals surface area contributed by atoms with Crippen LogP contribution in [0.4, 0.5) is 17.5 Å². The summed E-state index contributed by atoms with van der Waals surface area (Å²) in [7, 11) is 0. The van der Waals surface area contributed by atoms with Crippen molar-refractivity contribution in [2.24, 2.45) is 0 Å². The molecule has 0 atom stereocenters. The fourth-order valence-electron chi connectivity index (χ4n) is 2.19. The van der Waals surface area contributed by atoms with Crippen LogP contribution in [0.5, 0.6) is 5.75 Å². The van der Waals surface area contributed by atoms with Crippen LogP contribution in [-0.2, 0) is 13.0 Å². The smallest absolute Gasteiger partial charge is 0.222 e. The van der Waals surface area contributed by atoms with Gasteiger partial charge >= 0.3 is 0 Å². The predicted molar refractivity (Wildman–Crippen MR) is 73.2 cm³/mol. The molecule has 2 aromatic rings. The molecule has 19 heavy (non-hydrogen) atoms. The molecule has 5 N–H and O–H groups in total. The van der Waals surface area contributed by atoms with E-state index in [1.165, 1.54) is 0 Å². The first-order chi connectivity index (χ1) is 9.22. The molecule has 1 aromatic carbocycles. The number of phenolic OH excluding ortho intramolecular Hbond substituents is 1. The molecule has 0 aliphatic carbocycles. The highest BCUT2D eigenvalue weighted by atomic mass is 16.3. The Morgan fingerprint density at radius 2 is 2.21 bits per heavy atom. The van der Waals surface area contributed by atoms with Crippen LogP contribution in [0, 0.1) is 0 Å². The van der Waals surface area contributed by atoms with Crippen LogP contribution in [-0.4, -0.2) is 21.6 Å². The molecule has 6 heteroatoms. The van der Waals surface area contributed by atoms with E-state index in [2.05, 4.69) is 20.6 Å². The fraction of sp³-hybridized carbons (Fsp3) is 0.231. The first kappa shape index (κ1) is 11.7. The van der Waals surface area contributed by atoms with E-state index < -0.39 is 0 Å². The Bertz CT molecular complexity index is 614. The number of nitrogens with two attached hydrogens (primary N) is 1. The van der Waals surface area contributed by atoms with Crippen LogP contribution < -0.4 is 16.4 Å². The molecule has 0 unspecified atom stereocenters. The number of hydrogen-bond acceptors (Lipinski definition) is 6. The van der Waals surface area contributed by atoms with E-state index in [1.807, 2.05) is 6.07 Å². The molecule has 98 valence electrons. The average Bonchev–Trinajstić information content (AvgIpc) is 2.38. The number of fused-ring (bicyclic) bond motifs is 1. The Balaban J connectivity index is 1.98. The third kappa shape index (κ3) is 2.43. The van der Waals surface area contributed by atoms with Gasteiger partial charge in [-0.1, -0.05) is 6.07 Å². The number of aromatic hydroxyl groups is 1. The number of benzene rings is 1. The molecular formula is C13H15N5O. The first-order valence-corrected chi connectivity index (χ1v) is 6.14. The molecule has 1 aliphatic rings. The molecule has 1 aliphatic heterocycles. The third-order valence-corrected chi connectivity index (χ3v) is 3.06. The number of aromatic nitrogens is 2. The SMILES string of the molecule is Nc1nc2c(c(Nc3cccc(O)c3)n1)CNCC2. The molecule has 1 aromatic heterocycles. The van der Waals surface area contributed by atoms with Gasteiger partial charge in [0.05, 0.1) is 5.69 Å². The minimum absolute atomic E-state index is 0.207. The molecule has 0 bridgehead atoms. The van der Waals surface area contributed by atoms with Crippen LogP contribution in [0.3, 0.4) is 0 Å². The Labute approximate surface area is 110 Å². The summed E-state index contributed by atoms with van der Waals surface area (Å²) in [6.07, 6.45) is 0.844. The van der Waals surface area contributed by atoms with Gasteiger partial charge in [-0.25, -0.2) is 4.98 Å². The zero-order chi connectivity index (χ0) is 13.2. The molecule has 6 nitrogen and oxygen atoms in total. The van der Waals surface area contributed by atoms with Crippen molar-refractivity contribution in [3.63, 3.8) is 0 Å². The van der Waals surface area contributed by atoms with Gasteiger partial charge in [0.2, 0.25) is 5.95 Å². The topological polar surface area (TPSA) is 96.1 Å². The summed E-state index contributed by atoms with van der Waals surface area (Å²) in [5.41, 5.74) is 8.52. The van der Waals surface area contributed by atoms with Gasteiger partial charge < -0.3 is 21.5 Å². The minimum atomic E-state index is 0.207. The lowest BCUT2D eigenvalue weighted by Gasteiger charge is -2.20. The van der Waals surface area contributed by atoms with E-state index in [9.17, 15) is 5.11 Å². The molecule has 2 heterocycles. The number of anilines is 3. The van der Waals surface area contributed by atoms with Crippen LogP contribution >= 0.6 is 0 Å². The number of nitrogens with one attached hydrogen (secondary N) is 2. The maximum absolute atomic E-state index is 9.47. The summed E-state index contributed by atoms with van der Waals surface area (Å²) in [5.74, 6) is 1.17. The Hall–Kier alpha value is -2.34. The van der Waals surface area contributed by atoms with Crippen LogP contribution in [0.1, 0.15) is 11.3 Å². The lowest BCUT2D eigenvalue weighted by atomic mass is 10.1. The zero-order valence-corrected chi connectivity index (χ0v) is 10.3. The number of nitrogens with zero attached hydrogens (tertiary/aromatic N) is 2. The standard InChI is InChI=1S/C13H15N5O/c14-13-17-11-4-5-15-7-10(11)12(18-13)16-8-2-1-3-9(19)6-8/h1-3,6,15,19H,4-5,7H2,(H3,14,16,17,18). The maximum Gasteiger partial charge on any atom is 0.222 e. The Morgan fingerprint density at radius 3 is 3.05 bits per heavy atom. The highest BCUT2D eigenvalue weighted by Gasteiger charge is 2.16. The summed E-state index contributed by atoms with van der Waals surface area (Å²) < 4.78 is 0. The van der Waals surface area contributed by atoms with E-state index >= 15 is 0 Å². The summed E-state index contributed by atoms with van der Waals surface area (Å²) in [5, 5.41) is 15.9. The van der Waals surface area contributed by atoms with Crippen molar-refractivity contribution in [3.8, 4) is 5.75 Å². The monoisotopic (exact) mass is 257 g/mol. The Kier molecular flexibility index (Phi) is 2.92. The third-order valence-electron chi connectivity index (χ3n) is 3.06. The van der Waals surface area contributed by atoms with Crippen molar-refractivity contribution in [1.29, 1.82) is 0 Å². The van der Waals surface area contributed by atoms with Gasteiger partial charge in [-0.2, -0.15) is 4.98 Å². The van der Waals surface area contributed by atoms with Crippen molar-refractivity contribution in [1.82, 2.24) is 15.3 Å². The second-order valence-electron chi connectivity index (χ2n) is 4.46. The van der Waals surface area contributed by atoms with E-state index in [0.717, 1.165) is 36.5 Å².